The molecule has 5 rings (SSSR count). The van der Waals surface area contributed by atoms with E-state index in [-0.39, 0.29) is 11.2 Å². The van der Waals surface area contributed by atoms with Crippen molar-refractivity contribution in [3.05, 3.63) is 57.0 Å². The summed E-state index contributed by atoms with van der Waals surface area (Å²) in [6.45, 7) is 6.69. The Morgan fingerprint density at radius 2 is 2.00 bits per heavy atom. The van der Waals surface area contributed by atoms with Crippen LogP contribution in [-0.2, 0) is 17.8 Å². The van der Waals surface area contributed by atoms with Crippen molar-refractivity contribution < 1.29 is 4.74 Å². The summed E-state index contributed by atoms with van der Waals surface area (Å²) < 4.78 is 9.51. The molecule has 1 aromatic carbocycles. The summed E-state index contributed by atoms with van der Waals surface area (Å²) in [7, 11) is 0. The molecule has 0 N–H and O–H groups in total. The first kappa shape index (κ1) is 15.7. The average Bonchev–Trinajstić information content (AvgIpc) is 3.20. The summed E-state index contributed by atoms with van der Waals surface area (Å²) in [5.41, 5.74) is 2.73. The van der Waals surface area contributed by atoms with Gasteiger partial charge in [-0.3, -0.25) is 9.20 Å². The van der Waals surface area contributed by atoms with Crippen LogP contribution in [0.2, 0.25) is 0 Å². The minimum Gasteiger partial charge on any atom is -0.370 e. The molecule has 0 amide bonds. The van der Waals surface area contributed by atoms with Crippen LogP contribution in [0.15, 0.2) is 35.4 Å². The molecule has 0 saturated heterocycles. The van der Waals surface area contributed by atoms with E-state index < -0.39 is 0 Å². The van der Waals surface area contributed by atoms with Gasteiger partial charge >= 0.3 is 0 Å². The monoisotopic (exact) mass is 366 g/mol. The van der Waals surface area contributed by atoms with Crippen molar-refractivity contribution in [1.82, 2.24) is 19.2 Å². The van der Waals surface area contributed by atoms with E-state index in [2.05, 4.69) is 24.0 Å². The molecule has 4 aromatic rings. The molecule has 0 unspecified atom stereocenters. The third-order valence-corrected chi connectivity index (χ3v) is 6.13. The summed E-state index contributed by atoms with van der Waals surface area (Å²) >= 11 is 1.60. The largest absolute Gasteiger partial charge is 0.370 e. The van der Waals surface area contributed by atoms with E-state index in [1.165, 1.54) is 0 Å². The number of nitrogens with zero attached hydrogens (tertiary/aromatic N) is 4. The van der Waals surface area contributed by atoms with Crippen molar-refractivity contribution in [3.63, 3.8) is 0 Å². The second kappa shape index (κ2) is 5.25. The first-order valence-corrected chi connectivity index (χ1v) is 9.36. The van der Waals surface area contributed by atoms with Crippen LogP contribution in [-0.4, -0.2) is 24.8 Å². The van der Waals surface area contributed by atoms with Crippen LogP contribution in [0.25, 0.3) is 21.7 Å². The fraction of sp³-hybridized carbons (Fsp3) is 0.316. The highest BCUT2D eigenvalue weighted by atomic mass is 32.1. The van der Waals surface area contributed by atoms with Crippen LogP contribution in [0.1, 0.15) is 29.9 Å². The van der Waals surface area contributed by atoms with Crippen molar-refractivity contribution in [2.24, 2.45) is 0 Å². The zero-order valence-corrected chi connectivity index (χ0v) is 15.6. The zero-order chi connectivity index (χ0) is 18.1. The van der Waals surface area contributed by atoms with Gasteiger partial charge in [0.05, 0.1) is 23.3 Å². The van der Waals surface area contributed by atoms with Crippen molar-refractivity contribution in [3.8, 4) is 5.69 Å². The van der Waals surface area contributed by atoms with Crippen molar-refractivity contribution in [2.45, 2.75) is 39.4 Å². The van der Waals surface area contributed by atoms with Crippen LogP contribution in [0.4, 0.5) is 0 Å². The Bertz CT molecular complexity index is 1210. The summed E-state index contributed by atoms with van der Waals surface area (Å²) in [5, 5.41) is 9.03. The minimum absolute atomic E-state index is 0.0421. The van der Waals surface area contributed by atoms with Crippen LogP contribution in [0.5, 0.6) is 0 Å². The van der Waals surface area contributed by atoms with Gasteiger partial charge in [0.15, 0.2) is 0 Å². The number of thiophene rings is 1. The van der Waals surface area contributed by atoms with Crippen LogP contribution in [0.3, 0.4) is 0 Å². The Hall–Kier alpha value is -2.51. The van der Waals surface area contributed by atoms with Gasteiger partial charge in [-0.25, -0.2) is 4.57 Å². The molecule has 26 heavy (non-hydrogen) atoms. The lowest BCUT2D eigenvalue weighted by Gasteiger charge is -2.29. The molecule has 0 atom stereocenters. The number of hydrogen-bond donors (Lipinski definition) is 0. The van der Waals surface area contributed by atoms with E-state index in [1.807, 2.05) is 35.6 Å². The lowest BCUT2D eigenvalue weighted by atomic mass is 9.94. The maximum absolute atomic E-state index is 13.5. The van der Waals surface area contributed by atoms with E-state index >= 15 is 0 Å². The number of aromatic nitrogens is 4. The van der Waals surface area contributed by atoms with E-state index in [4.69, 9.17) is 4.74 Å². The maximum atomic E-state index is 13.5. The minimum atomic E-state index is -0.274. The van der Waals surface area contributed by atoms with E-state index in [0.29, 0.717) is 12.4 Å². The lowest BCUT2D eigenvalue weighted by Crippen LogP contribution is -2.32. The molecule has 1 aliphatic heterocycles. The van der Waals surface area contributed by atoms with Gasteiger partial charge in [0.25, 0.3) is 5.56 Å². The summed E-state index contributed by atoms with van der Waals surface area (Å²) in [6.07, 6.45) is 2.40. The molecule has 132 valence electrons. The van der Waals surface area contributed by atoms with E-state index in [0.717, 1.165) is 38.3 Å². The standard InChI is InChI=1S/C19H18N4O2S/c1-11-4-6-12(7-5-11)23-16(24)15-13-8-19(2,3)25-9-14(13)26-17(15)22-10-20-21-18(22)23/h4-7,10H,8-9H2,1-3H3. The summed E-state index contributed by atoms with van der Waals surface area (Å²) in [6, 6.07) is 7.89. The molecule has 0 aliphatic carbocycles. The normalized spacial score (nSPS) is 16.3. The van der Waals surface area contributed by atoms with Gasteiger partial charge < -0.3 is 4.74 Å². The van der Waals surface area contributed by atoms with Gasteiger partial charge in [-0.05, 0) is 38.5 Å². The lowest BCUT2D eigenvalue weighted by molar-refractivity contribution is -0.0379. The molecule has 0 fully saturated rings. The van der Waals surface area contributed by atoms with Gasteiger partial charge in [0.2, 0.25) is 5.78 Å². The second-order valence-corrected chi connectivity index (χ2v) is 8.47. The molecular weight excluding hydrogens is 348 g/mol. The fourth-order valence-corrected chi connectivity index (χ4v) is 4.77. The van der Waals surface area contributed by atoms with Crippen LogP contribution < -0.4 is 5.56 Å². The molecule has 4 heterocycles. The fourth-order valence-electron chi connectivity index (χ4n) is 3.58. The van der Waals surface area contributed by atoms with Crippen molar-refractivity contribution in [2.75, 3.05) is 0 Å². The third kappa shape index (κ3) is 2.17. The zero-order valence-electron chi connectivity index (χ0n) is 14.8. The Balaban J connectivity index is 1.91. The first-order chi connectivity index (χ1) is 12.4. The Morgan fingerprint density at radius 1 is 1.23 bits per heavy atom. The Morgan fingerprint density at radius 3 is 2.77 bits per heavy atom. The van der Waals surface area contributed by atoms with Crippen molar-refractivity contribution >= 4 is 27.3 Å². The summed E-state index contributed by atoms with van der Waals surface area (Å²) in [4.78, 5) is 15.5. The molecule has 3 aromatic heterocycles. The molecule has 0 spiro atoms. The molecule has 1 aliphatic rings. The highest BCUT2D eigenvalue weighted by Crippen LogP contribution is 2.37. The van der Waals surface area contributed by atoms with Gasteiger partial charge in [0, 0.05) is 11.3 Å². The predicted octanol–water partition coefficient (Wildman–Crippen LogP) is 3.25. The van der Waals surface area contributed by atoms with Gasteiger partial charge in [-0.1, -0.05) is 17.7 Å². The van der Waals surface area contributed by atoms with Crippen LogP contribution in [0, 0.1) is 6.92 Å². The predicted molar refractivity (Wildman–Crippen MR) is 101 cm³/mol. The van der Waals surface area contributed by atoms with E-state index in [9.17, 15) is 4.79 Å². The first-order valence-electron chi connectivity index (χ1n) is 8.55. The molecule has 0 radical (unpaired) electrons. The highest BCUT2D eigenvalue weighted by molar-refractivity contribution is 7.18. The Kier molecular flexibility index (Phi) is 3.17. The van der Waals surface area contributed by atoms with Crippen LogP contribution >= 0.6 is 11.3 Å². The second-order valence-electron chi connectivity index (χ2n) is 7.39. The average molecular weight is 366 g/mol. The maximum Gasteiger partial charge on any atom is 0.268 e. The quantitative estimate of drug-likeness (QED) is 0.519. The number of ether oxygens (including phenoxy) is 1. The summed E-state index contributed by atoms with van der Waals surface area (Å²) in [5.74, 6) is 0.533. The molecule has 6 nitrogen and oxygen atoms in total. The SMILES string of the molecule is Cc1ccc(-n2c(=O)c3c4c(sc3n3cnnc23)COC(C)(C)C4)cc1. The number of aryl methyl sites for hydroxylation is 1. The van der Waals surface area contributed by atoms with Gasteiger partial charge in [-0.2, -0.15) is 0 Å². The number of hydrogen-bond acceptors (Lipinski definition) is 5. The topological polar surface area (TPSA) is 61.4 Å². The van der Waals surface area contributed by atoms with Gasteiger partial charge in [0.1, 0.15) is 11.2 Å². The highest BCUT2D eigenvalue weighted by Gasteiger charge is 2.31. The van der Waals surface area contributed by atoms with Crippen molar-refractivity contribution in [1.29, 1.82) is 0 Å². The number of benzene rings is 1. The number of fused-ring (bicyclic) bond motifs is 5. The smallest absolute Gasteiger partial charge is 0.268 e. The molecule has 0 saturated carbocycles. The Labute approximate surface area is 153 Å². The van der Waals surface area contributed by atoms with Gasteiger partial charge in [-0.15, -0.1) is 21.5 Å². The van der Waals surface area contributed by atoms with E-state index in [1.54, 1.807) is 22.2 Å². The molecule has 0 bridgehead atoms. The third-order valence-electron chi connectivity index (χ3n) is 4.93. The number of rotatable bonds is 1. The molecule has 7 heteroatoms. The molecular formula is C19H18N4O2S.